The number of amides is 2. The second kappa shape index (κ2) is 4.06. The van der Waals surface area contributed by atoms with Crippen LogP contribution in [-0.2, 0) is 9.59 Å². The van der Waals surface area contributed by atoms with Gasteiger partial charge in [-0.2, -0.15) is 0 Å². The Morgan fingerprint density at radius 3 is 3.00 bits per heavy atom. The molecule has 0 aromatic carbocycles. The summed E-state index contributed by atoms with van der Waals surface area (Å²) in [5, 5.41) is 2.89. The van der Waals surface area contributed by atoms with Crippen LogP contribution in [0.25, 0.3) is 0 Å². The molecule has 0 radical (unpaired) electrons. The average Bonchev–Trinajstić information content (AvgIpc) is 2.13. The van der Waals surface area contributed by atoms with E-state index in [1.807, 2.05) is 0 Å². The van der Waals surface area contributed by atoms with Gasteiger partial charge in [0.1, 0.15) is 0 Å². The predicted octanol–water partition coefficient (Wildman–Crippen LogP) is -0.643. The van der Waals surface area contributed by atoms with Crippen molar-refractivity contribution < 1.29 is 9.59 Å². The molecule has 1 atom stereocenters. The van der Waals surface area contributed by atoms with Crippen molar-refractivity contribution in [2.24, 2.45) is 0 Å². The number of likely N-dealkylation sites (tertiary alicyclic amines) is 1. The minimum atomic E-state index is -0.293. The van der Waals surface area contributed by atoms with Crippen LogP contribution in [0.5, 0.6) is 0 Å². The Labute approximate surface area is 77.3 Å². The van der Waals surface area contributed by atoms with Crippen molar-refractivity contribution in [3.05, 3.63) is 0 Å². The van der Waals surface area contributed by atoms with E-state index in [0.29, 0.717) is 19.4 Å². The standard InChI is InChI=1S/C9H12N2O2/c1-3-6-10-7-4-5-8(12)11(2)9(7)13/h1,7,10H,4-6H2,2H3. The van der Waals surface area contributed by atoms with Crippen molar-refractivity contribution in [3.8, 4) is 12.3 Å². The van der Waals surface area contributed by atoms with E-state index in [1.54, 1.807) is 0 Å². The third-order valence-electron chi connectivity index (χ3n) is 2.10. The van der Waals surface area contributed by atoms with Crippen molar-refractivity contribution in [2.45, 2.75) is 18.9 Å². The molecule has 2 amide bonds. The maximum atomic E-state index is 11.4. The van der Waals surface area contributed by atoms with Gasteiger partial charge in [0.05, 0.1) is 12.6 Å². The first kappa shape index (κ1) is 9.75. The molecule has 70 valence electrons. The molecule has 0 spiro atoms. The van der Waals surface area contributed by atoms with Crippen LogP contribution in [-0.4, -0.2) is 36.3 Å². The van der Waals surface area contributed by atoms with E-state index < -0.39 is 0 Å². The molecule has 1 heterocycles. The van der Waals surface area contributed by atoms with Crippen molar-refractivity contribution in [2.75, 3.05) is 13.6 Å². The van der Waals surface area contributed by atoms with Crippen molar-refractivity contribution in [1.29, 1.82) is 0 Å². The van der Waals surface area contributed by atoms with E-state index in [0.717, 1.165) is 4.90 Å². The zero-order valence-corrected chi connectivity index (χ0v) is 7.54. The Bertz CT molecular complexity index is 267. The number of hydrogen-bond acceptors (Lipinski definition) is 3. The number of carbonyl (C=O) groups is 2. The zero-order chi connectivity index (χ0) is 9.84. The van der Waals surface area contributed by atoms with Gasteiger partial charge >= 0.3 is 0 Å². The number of imide groups is 1. The van der Waals surface area contributed by atoms with Crippen molar-refractivity contribution in [3.63, 3.8) is 0 Å². The lowest BCUT2D eigenvalue weighted by atomic mass is 10.0. The van der Waals surface area contributed by atoms with Crippen LogP contribution < -0.4 is 5.32 Å². The maximum Gasteiger partial charge on any atom is 0.246 e. The average molecular weight is 180 g/mol. The van der Waals surface area contributed by atoms with Gasteiger partial charge in [-0.1, -0.05) is 5.92 Å². The summed E-state index contributed by atoms with van der Waals surface area (Å²) < 4.78 is 0. The third kappa shape index (κ3) is 2.07. The highest BCUT2D eigenvalue weighted by atomic mass is 16.2. The molecule has 1 unspecified atom stereocenters. The van der Waals surface area contributed by atoms with E-state index in [-0.39, 0.29) is 17.9 Å². The van der Waals surface area contributed by atoms with Crippen LogP contribution in [0.3, 0.4) is 0 Å². The minimum absolute atomic E-state index is 0.122. The highest BCUT2D eigenvalue weighted by molar-refractivity contribution is 6.00. The molecule has 1 aliphatic heterocycles. The Kier molecular flexibility index (Phi) is 3.04. The lowest BCUT2D eigenvalue weighted by molar-refractivity contribution is -0.147. The molecule has 1 aliphatic rings. The smallest absolute Gasteiger partial charge is 0.246 e. The number of hydrogen-bond donors (Lipinski definition) is 1. The zero-order valence-electron chi connectivity index (χ0n) is 7.54. The van der Waals surface area contributed by atoms with E-state index in [9.17, 15) is 9.59 Å². The summed E-state index contributed by atoms with van der Waals surface area (Å²) in [6.45, 7) is 0.360. The van der Waals surface area contributed by atoms with Crippen molar-refractivity contribution in [1.82, 2.24) is 10.2 Å². The van der Waals surface area contributed by atoms with Crippen LogP contribution in [0.2, 0.25) is 0 Å². The topological polar surface area (TPSA) is 49.4 Å². The van der Waals surface area contributed by atoms with Crippen LogP contribution >= 0.6 is 0 Å². The van der Waals surface area contributed by atoms with Gasteiger partial charge in [-0.05, 0) is 6.42 Å². The number of terminal acetylenes is 1. The van der Waals surface area contributed by atoms with Gasteiger partial charge in [0.25, 0.3) is 0 Å². The molecule has 1 N–H and O–H groups in total. The fraction of sp³-hybridized carbons (Fsp3) is 0.556. The van der Waals surface area contributed by atoms with Gasteiger partial charge in [0, 0.05) is 13.5 Å². The second-order valence-corrected chi connectivity index (χ2v) is 2.97. The van der Waals surface area contributed by atoms with E-state index in [2.05, 4.69) is 11.2 Å². The summed E-state index contributed by atoms with van der Waals surface area (Å²) in [5.74, 6) is 2.08. The number of nitrogens with zero attached hydrogens (tertiary/aromatic N) is 1. The summed E-state index contributed by atoms with van der Waals surface area (Å²) in [7, 11) is 1.49. The molecule has 4 heteroatoms. The number of piperidine rings is 1. The fourth-order valence-electron chi connectivity index (χ4n) is 1.29. The molecule has 0 saturated carbocycles. The summed E-state index contributed by atoms with van der Waals surface area (Å²) in [4.78, 5) is 23.6. The highest BCUT2D eigenvalue weighted by Crippen LogP contribution is 2.10. The molecule has 0 aromatic rings. The molecule has 1 rings (SSSR count). The molecular formula is C9H12N2O2. The Morgan fingerprint density at radius 2 is 2.38 bits per heavy atom. The number of likely N-dealkylation sites (N-methyl/N-ethyl adjacent to an activating group) is 1. The highest BCUT2D eigenvalue weighted by Gasteiger charge is 2.30. The first-order valence-corrected chi connectivity index (χ1v) is 4.14. The van der Waals surface area contributed by atoms with Gasteiger partial charge in [-0.15, -0.1) is 6.42 Å². The molecule has 1 saturated heterocycles. The monoisotopic (exact) mass is 180 g/mol. The first-order valence-electron chi connectivity index (χ1n) is 4.14. The SMILES string of the molecule is C#CCNC1CCC(=O)N(C)C1=O. The maximum absolute atomic E-state index is 11.4. The molecule has 4 nitrogen and oxygen atoms in total. The van der Waals surface area contributed by atoms with E-state index in [4.69, 9.17) is 6.42 Å². The predicted molar refractivity (Wildman–Crippen MR) is 47.6 cm³/mol. The van der Waals surface area contributed by atoms with E-state index >= 15 is 0 Å². The molecule has 0 bridgehead atoms. The first-order chi connectivity index (χ1) is 6.16. The number of rotatable bonds is 2. The third-order valence-corrected chi connectivity index (χ3v) is 2.10. The molecule has 0 aliphatic carbocycles. The van der Waals surface area contributed by atoms with Crippen LogP contribution in [0, 0.1) is 12.3 Å². The fourth-order valence-corrected chi connectivity index (χ4v) is 1.29. The minimum Gasteiger partial charge on any atom is -0.295 e. The lowest BCUT2D eigenvalue weighted by Crippen LogP contribution is -2.51. The molecule has 0 aromatic heterocycles. The van der Waals surface area contributed by atoms with Crippen molar-refractivity contribution >= 4 is 11.8 Å². The van der Waals surface area contributed by atoms with Gasteiger partial charge < -0.3 is 0 Å². The van der Waals surface area contributed by atoms with Crippen LogP contribution in [0.4, 0.5) is 0 Å². The van der Waals surface area contributed by atoms with Gasteiger partial charge in [0.15, 0.2) is 0 Å². The second-order valence-electron chi connectivity index (χ2n) is 2.97. The van der Waals surface area contributed by atoms with Crippen LogP contribution in [0.1, 0.15) is 12.8 Å². The summed E-state index contributed by atoms with van der Waals surface area (Å²) in [5.41, 5.74) is 0. The Morgan fingerprint density at radius 1 is 1.69 bits per heavy atom. The number of nitrogens with one attached hydrogen (secondary N) is 1. The Hall–Kier alpha value is -1.34. The van der Waals surface area contributed by atoms with E-state index in [1.165, 1.54) is 7.05 Å². The summed E-state index contributed by atoms with van der Waals surface area (Å²) in [6, 6.07) is -0.293. The number of carbonyl (C=O) groups excluding carboxylic acids is 2. The quantitative estimate of drug-likeness (QED) is 0.454. The summed E-state index contributed by atoms with van der Waals surface area (Å²) >= 11 is 0. The Balaban J connectivity index is 2.55. The van der Waals surface area contributed by atoms with Gasteiger partial charge in [-0.25, -0.2) is 0 Å². The molecule has 1 fully saturated rings. The molecule has 13 heavy (non-hydrogen) atoms. The van der Waals surface area contributed by atoms with Gasteiger partial charge in [-0.3, -0.25) is 19.8 Å². The molecular weight excluding hydrogens is 168 g/mol. The normalized spacial score (nSPS) is 23.1. The largest absolute Gasteiger partial charge is 0.295 e. The lowest BCUT2D eigenvalue weighted by Gasteiger charge is -2.27. The van der Waals surface area contributed by atoms with Gasteiger partial charge in [0.2, 0.25) is 11.8 Å². The van der Waals surface area contributed by atoms with Crippen LogP contribution in [0.15, 0.2) is 0 Å². The summed E-state index contributed by atoms with van der Waals surface area (Å²) in [6.07, 6.45) is 6.00.